The average molecular weight is 545 g/mol. The number of hydrazine groups is 1. The molecule has 8 nitrogen and oxygen atoms in total. The van der Waals surface area contributed by atoms with Crippen molar-refractivity contribution >= 4 is 37.6 Å². The van der Waals surface area contributed by atoms with Crippen LogP contribution in [0.4, 0.5) is 11.8 Å². The van der Waals surface area contributed by atoms with E-state index >= 15 is 0 Å². The van der Waals surface area contributed by atoms with Crippen molar-refractivity contribution < 1.29 is 0 Å². The van der Waals surface area contributed by atoms with Gasteiger partial charge in [-0.25, -0.2) is 0 Å². The van der Waals surface area contributed by atoms with E-state index in [0.29, 0.717) is 18.1 Å². The van der Waals surface area contributed by atoms with Crippen molar-refractivity contribution in [3.05, 3.63) is 6.33 Å². The molecule has 1 saturated heterocycles. The molecule has 3 fully saturated rings. The van der Waals surface area contributed by atoms with Gasteiger partial charge in [-0.3, -0.25) is 0 Å². The molecular formula is C26H45AsN8. The van der Waals surface area contributed by atoms with Crippen molar-refractivity contribution in [1.29, 1.82) is 0 Å². The fourth-order valence-corrected chi connectivity index (χ4v) is 7.84. The van der Waals surface area contributed by atoms with E-state index in [4.69, 9.17) is 20.7 Å². The second kappa shape index (κ2) is 11.8. The van der Waals surface area contributed by atoms with Crippen LogP contribution in [0.5, 0.6) is 0 Å². The van der Waals surface area contributed by atoms with Gasteiger partial charge in [0.05, 0.1) is 0 Å². The number of hydrogen-bond donors (Lipinski definition) is 3. The Morgan fingerprint density at radius 3 is 2.46 bits per heavy atom. The molecule has 0 atom stereocenters. The van der Waals surface area contributed by atoms with Crippen molar-refractivity contribution in [2.24, 2.45) is 11.7 Å². The minimum absolute atomic E-state index is 0.341. The standard InChI is InChI=1S/C26H45AsN8/c1-27(2)15-5-6-19-13-16-34(17-14-19)33-24-23-25(35(18-29-23)22-7-3-4-8-22)32-26(31-24)30-21-11-9-20(28)10-12-21/h18-22H,3-17,28H2,1-2H3,(H2,30,31,32,33)/t20-,21-. The summed E-state index contributed by atoms with van der Waals surface area (Å²) in [6.45, 7) is 2.14. The molecular weight excluding hydrogens is 499 g/mol. The normalized spacial score (nSPS) is 25.0. The Hall–Kier alpha value is -1.37. The first-order valence-corrected chi connectivity index (χ1v) is 19.1. The summed E-state index contributed by atoms with van der Waals surface area (Å²) in [4.78, 5) is 14.8. The van der Waals surface area contributed by atoms with E-state index in [1.54, 1.807) is 0 Å². The van der Waals surface area contributed by atoms with Gasteiger partial charge < -0.3 is 5.73 Å². The van der Waals surface area contributed by atoms with Gasteiger partial charge in [-0.05, 0) is 38.5 Å². The molecule has 2 aromatic heterocycles. The van der Waals surface area contributed by atoms with Crippen LogP contribution in [0.1, 0.15) is 83.1 Å². The van der Waals surface area contributed by atoms with E-state index in [1.165, 1.54) is 56.6 Å². The molecule has 3 heterocycles. The molecule has 0 bridgehead atoms. The Morgan fingerprint density at radius 2 is 1.74 bits per heavy atom. The number of piperidine rings is 1. The van der Waals surface area contributed by atoms with E-state index in [0.717, 1.165) is 67.6 Å². The average Bonchev–Trinajstić information content (AvgIpc) is 3.52. The van der Waals surface area contributed by atoms with Gasteiger partial charge in [0, 0.05) is 18.1 Å². The molecule has 0 amide bonds. The van der Waals surface area contributed by atoms with Gasteiger partial charge >= 0.3 is 141 Å². The molecule has 1 aliphatic heterocycles. The van der Waals surface area contributed by atoms with Crippen LogP contribution in [0.2, 0.25) is 16.6 Å². The van der Waals surface area contributed by atoms with Crippen molar-refractivity contribution in [3.8, 4) is 0 Å². The van der Waals surface area contributed by atoms with Crippen LogP contribution in [0.25, 0.3) is 11.2 Å². The molecule has 194 valence electrons. The van der Waals surface area contributed by atoms with Crippen molar-refractivity contribution in [2.75, 3.05) is 23.8 Å². The monoisotopic (exact) mass is 544 g/mol. The zero-order valence-corrected chi connectivity index (χ0v) is 23.6. The van der Waals surface area contributed by atoms with Crippen LogP contribution in [0.3, 0.4) is 0 Å². The number of rotatable bonds is 9. The van der Waals surface area contributed by atoms with Gasteiger partial charge in [0.25, 0.3) is 0 Å². The molecule has 0 radical (unpaired) electrons. The van der Waals surface area contributed by atoms with Gasteiger partial charge in [0.1, 0.15) is 0 Å². The Labute approximate surface area is 215 Å². The van der Waals surface area contributed by atoms with Gasteiger partial charge in [-0.1, -0.05) is 12.8 Å². The summed E-state index contributed by atoms with van der Waals surface area (Å²) in [7, 11) is 0. The zero-order chi connectivity index (χ0) is 24.2. The second-order valence-corrected chi connectivity index (χ2v) is 16.9. The van der Waals surface area contributed by atoms with Crippen LogP contribution in [0, 0.1) is 5.92 Å². The van der Waals surface area contributed by atoms with Crippen LogP contribution in [-0.2, 0) is 0 Å². The first kappa shape index (κ1) is 25.3. The summed E-state index contributed by atoms with van der Waals surface area (Å²) >= 11 is -0.475. The number of nitrogens with zero attached hydrogens (tertiary/aromatic N) is 5. The number of anilines is 2. The predicted molar refractivity (Wildman–Crippen MR) is 146 cm³/mol. The third-order valence-electron chi connectivity index (χ3n) is 8.34. The number of imidazole rings is 1. The fraction of sp³-hybridized carbons (Fsp3) is 0.808. The van der Waals surface area contributed by atoms with Crippen molar-refractivity contribution in [1.82, 2.24) is 24.5 Å². The van der Waals surface area contributed by atoms with E-state index in [2.05, 4.69) is 31.7 Å². The van der Waals surface area contributed by atoms with Crippen molar-refractivity contribution in [2.45, 2.75) is 112 Å². The maximum atomic E-state index is 6.13. The van der Waals surface area contributed by atoms with Gasteiger partial charge in [0.15, 0.2) is 0 Å². The summed E-state index contributed by atoms with van der Waals surface area (Å²) in [5.74, 6) is 2.46. The summed E-state index contributed by atoms with van der Waals surface area (Å²) in [5.41, 5.74) is 16.6. The molecule has 0 aromatic carbocycles. The second-order valence-electron chi connectivity index (χ2n) is 11.4. The fourth-order valence-electron chi connectivity index (χ4n) is 6.13. The Bertz CT molecular complexity index is 940. The number of fused-ring (bicyclic) bond motifs is 1. The molecule has 0 spiro atoms. The van der Waals surface area contributed by atoms with E-state index in [-0.39, 0.29) is 0 Å². The van der Waals surface area contributed by atoms with Gasteiger partial charge in [-0.2, -0.15) is 0 Å². The van der Waals surface area contributed by atoms with Crippen LogP contribution in [0.15, 0.2) is 6.33 Å². The van der Waals surface area contributed by atoms with E-state index < -0.39 is 14.7 Å². The number of hydrogen-bond acceptors (Lipinski definition) is 7. The Kier molecular flexibility index (Phi) is 8.51. The SMILES string of the molecule is C[As](C)CCCC1CCN(Nc2nc(N[C@H]3CC[C@H](N)CC3)nc3c2ncn3C2CCCC2)CC1. The Balaban J connectivity index is 1.30. The minimum atomic E-state index is -0.475. The van der Waals surface area contributed by atoms with Gasteiger partial charge in [0.2, 0.25) is 0 Å². The topological polar surface area (TPSA) is 96.9 Å². The molecule has 9 heteroatoms. The van der Waals surface area contributed by atoms with E-state index in [1.807, 2.05) is 6.33 Å². The summed E-state index contributed by atoms with van der Waals surface area (Å²) in [6, 6.07) is 1.24. The molecule has 2 aliphatic carbocycles. The number of nitrogens with two attached hydrogens (primary N) is 1. The summed E-state index contributed by atoms with van der Waals surface area (Å²) in [5, 5.41) is 7.50. The van der Waals surface area contributed by atoms with Crippen LogP contribution >= 0.6 is 0 Å². The molecule has 2 saturated carbocycles. The van der Waals surface area contributed by atoms with Gasteiger partial charge in [-0.15, -0.1) is 0 Å². The Morgan fingerprint density at radius 1 is 1.00 bits per heavy atom. The third kappa shape index (κ3) is 6.50. The van der Waals surface area contributed by atoms with Crippen molar-refractivity contribution in [3.63, 3.8) is 0 Å². The summed E-state index contributed by atoms with van der Waals surface area (Å²) < 4.78 is 2.31. The zero-order valence-electron chi connectivity index (χ0n) is 21.8. The first-order valence-electron chi connectivity index (χ1n) is 14.0. The van der Waals surface area contributed by atoms with Crippen LogP contribution in [-0.4, -0.2) is 64.4 Å². The maximum absolute atomic E-state index is 6.13. The number of nitrogens with one attached hydrogen (secondary N) is 2. The molecule has 0 unspecified atom stereocenters. The quantitative estimate of drug-likeness (QED) is 0.374. The predicted octanol–water partition coefficient (Wildman–Crippen LogP) is 5.20. The third-order valence-corrected chi connectivity index (χ3v) is 10.9. The molecule has 3 aliphatic rings. The molecule has 4 N–H and O–H groups in total. The van der Waals surface area contributed by atoms with Crippen LogP contribution < -0.4 is 16.5 Å². The van der Waals surface area contributed by atoms with E-state index in [9.17, 15) is 0 Å². The molecule has 5 rings (SSSR count). The summed E-state index contributed by atoms with van der Waals surface area (Å²) in [6.07, 6.45) is 16.7. The number of aromatic nitrogens is 4. The molecule has 2 aromatic rings. The first-order chi connectivity index (χ1) is 17.0. The molecule has 35 heavy (non-hydrogen) atoms.